The van der Waals surface area contributed by atoms with E-state index in [4.69, 9.17) is 4.74 Å². The van der Waals surface area contributed by atoms with Crippen LogP contribution in [-0.4, -0.2) is 51.9 Å². The maximum absolute atomic E-state index is 14.8. The summed E-state index contributed by atoms with van der Waals surface area (Å²) in [6.07, 6.45) is -16.9. The van der Waals surface area contributed by atoms with Gasteiger partial charge in [0.25, 0.3) is 5.91 Å². The van der Waals surface area contributed by atoms with Crippen LogP contribution in [0.4, 0.5) is 39.5 Å². The second-order valence-corrected chi connectivity index (χ2v) is 8.79. The van der Waals surface area contributed by atoms with Gasteiger partial charge in [0.2, 0.25) is 5.82 Å². The summed E-state index contributed by atoms with van der Waals surface area (Å²) in [7, 11) is 0. The normalized spacial score (nSPS) is 18.3. The number of amides is 1. The molecule has 8 nitrogen and oxygen atoms in total. The Balaban J connectivity index is 1.71. The van der Waals surface area contributed by atoms with Gasteiger partial charge in [-0.3, -0.25) is 4.79 Å². The van der Waals surface area contributed by atoms with Gasteiger partial charge in [0.15, 0.2) is 5.54 Å². The number of carbonyl (C=O) groups excluding carboxylic acids is 1. The fourth-order valence-corrected chi connectivity index (χ4v) is 4.21. The van der Waals surface area contributed by atoms with Gasteiger partial charge in [-0.15, -0.1) is 23.4 Å². The molecule has 0 bridgehead atoms. The highest BCUT2D eigenvalue weighted by Crippen LogP contribution is 2.49. The van der Waals surface area contributed by atoms with E-state index in [2.05, 4.69) is 25.4 Å². The molecule has 17 heteroatoms. The molecule has 3 aromatic rings. The molecule has 1 amide bonds. The fraction of sp³-hybridized carbons (Fsp3) is 0.333. The first kappa shape index (κ1) is 29.7. The van der Waals surface area contributed by atoms with Gasteiger partial charge in [-0.25, -0.2) is 0 Å². The van der Waals surface area contributed by atoms with Crippen LogP contribution < -0.4 is 14.8 Å². The molecule has 2 N–H and O–H groups in total. The van der Waals surface area contributed by atoms with Gasteiger partial charge in [0.05, 0.1) is 12.2 Å². The maximum Gasteiger partial charge on any atom is 0.573 e. The Labute approximate surface area is 224 Å². The van der Waals surface area contributed by atoms with Gasteiger partial charge in [0, 0.05) is 12.8 Å². The first-order valence-electron chi connectivity index (χ1n) is 11.6. The van der Waals surface area contributed by atoms with E-state index in [1.54, 1.807) is 0 Å². The molecule has 1 aliphatic heterocycles. The van der Waals surface area contributed by atoms with Crippen LogP contribution in [0.15, 0.2) is 48.5 Å². The summed E-state index contributed by atoms with van der Waals surface area (Å²) in [6.45, 7) is -0.338. The molecule has 0 aliphatic carbocycles. The number of carbonyl (C=O) groups is 1. The number of aromatic nitrogens is 4. The number of ether oxygens (including phenoxy) is 2. The van der Waals surface area contributed by atoms with E-state index in [1.807, 2.05) is 5.32 Å². The highest BCUT2D eigenvalue weighted by molar-refractivity contribution is 6.27. The van der Waals surface area contributed by atoms with Crippen molar-refractivity contribution in [1.82, 2.24) is 25.9 Å². The van der Waals surface area contributed by atoms with Crippen LogP contribution in [0.25, 0.3) is 11.1 Å². The third-order valence-corrected chi connectivity index (χ3v) is 6.01. The average molecular weight is 595 g/mol. The molecular formula is C24H18F9N5O3. The molecule has 0 saturated heterocycles. The van der Waals surface area contributed by atoms with Crippen molar-refractivity contribution in [3.05, 3.63) is 65.5 Å². The second-order valence-electron chi connectivity index (χ2n) is 8.79. The molecule has 1 aromatic heterocycles. The number of alkyl halides is 9. The third kappa shape index (κ3) is 6.89. The van der Waals surface area contributed by atoms with Gasteiger partial charge in [-0.1, -0.05) is 24.3 Å². The van der Waals surface area contributed by atoms with Crippen LogP contribution in [0.1, 0.15) is 36.2 Å². The van der Waals surface area contributed by atoms with Crippen LogP contribution in [0.2, 0.25) is 0 Å². The van der Waals surface area contributed by atoms with E-state index in [0.29, 0.717) is 0 Å². The molecular weight excluding hydrogens is 577 g/mol. The maximum atomic E-state index is 14.8. The molecule has 1 atom stereocenters. The van der Waals surface area contributed by atoms with E-state index in [0.717, 1.165) is 48.5 Å². The molecule has 0 radical (unpaired) electrons. The predicted molar refractivity (Wildman–Crippen MR) is 122 cm³/mol. The van der Waals surface area contributed by atoms with E-state index >= 15 is 0 Å². The molecule has 2 aromatic carbocycles. The zero-order chi connectivity index (χ0) is 30.1. The van der Waals surface area contributed by atoms with Gasteiger partial charge in [0.1, 0.15) is 11.5 Å². The van der Waals surface area contributed by atoms with Gasteiger partial charge in [-0.2, -0.15) is 31.6 Å². The first-order valence-corrected chi connectivity index (χ1v) is 11.6. The van der Waals surface area contributed by atoms with Crippen molar-refractivity contribution in [3.63, 3.8) is 0 Å². The number of halogens is 9. The van der Waals surface area contributed by atoms with Crippen LogP contribution >= 0.6 is 0 Å². The Bertz CT molecular complexity index is 1380. The van der Waals surface area contributed by atoms with Gasteiger partial charge < -0.3 is 14.8 Å². The quantitative estimate of drug-likeness (QED) is 0.256. The highest BCUT2D eigenvalue weighted by atomic mass is 19.4. The van der Waals surface area contributed by atoms with Gasteiger partial charge >= 0.3 is 18.7 Å². The van der Waals surface area contributed by atoms with Crippen molar-refractivity contribution < 1.29 is 53.8 Å². The molecule has 0 fully saturated rings. The molecule has 2 heterocycles. The van der Waals surface area contributed by atoms with Gasteiger partial charge in [-0.05, 0) is 52.6 Å². The Morgan fingerprint density at radius 1 is 0.878 bits per heavy atom. The minimum absolute atomic E-state index is 0.00103. The summed E-state index contributed by atoms with van der Waals surface area (Å²) in [6, 6.07) is 8.08. The number of nitrogens with zero attached hydrogens (tertiary/aromatic N) is 3. The topological polar surface area (TPSA) is 102 Å². The van der Waals surface area contributed by atoms with E-state index in [9.17, 15) is 44.3 Å². The highest BCUT2D eigenvalue weighted by Gasteiger charge is 2.60. The monoisotopic (exact) mass is 595 g/mol. The van der Waals surface area contributed by atoms with Crippen molar-refractivity contribution in [1.29, 1.82) is 0 Å². The third-order valence-electron chi connectivity index (χ3n) is 6.01. The fourth-order valence-electron chi connectivity index (χ4n) is 4.21. The lowest BCUT2D eigenvalue weighted by Crippen LogP contribution is -2.58. The number of benzene rings is 2. The zero-order valence-corrected chi connectivity index (χ0v) is 20.4. The SMILES string of the molecule is O=C1NC(c2ccc(OCCCC(F)(F)F)cc2)(C(F)(F)F)CC(c2ccc(OC(F)(F)F)cc2)=C1c1nn[nH]n1. The van der Waals surface area contributed by atoms with E-state index in [-0.39, 0.29) is 35.7 Å². The molecule has 220 valence electrons. The number of hydrogen-bond acceptors (Lipinski definition) is 6. The van der Waals surface area contributed by atoms with Crippen LogP contribution in [0.5, 0.6) is 11.5 Å². The Kier molecular flexibility index (Phi) is 7.91. The number of tetrazole rings is 1. The lowest BCUT2D eigenvalue weighted by molar-refractivity contribution is -0.274. The van der Waals surface area contributed by atoms with Crippen LogP contribution in [0, 0.1) is 0 Å². The van der Waals surface area contributed by atoms with Crippen molar-refractivity contribution in [2.45, 2.75) is 43.5 Å². The number of H-pyrrole nitrogens is 1. The molecule has 0 saturated carbocycles. The minimum atomic E-state index is -5.11. The minimum Gasteiger partial charge on any atom is -0.494 e. The Morgan fingerprint density at radius 2 is 1.51 bits per heavy atom. The molecule has 1 aliphatic rings. The molecule has 1 unspecified atom stereocenters. The van der Waals surface area contributed by atoms with Crippen molar-refractivity contribution >= 4 is 17.1 Å². The average Bonchev–Trinajstić information content (AvgIpc) is 3.39. The number of rotatable bonds is 8. The van der Waals surface area contributed by atoms with E-state index < -0.39 is 59.9 Å². The summed E-state index contributed by atoms with van der Waals surface area (Å²) in [4.78, 5) is 13.2. The number of nitrogens with one attached hydrogen (secondary N) is 2. The summed E-state index contributed by atoms with van der Waals surface area (Å²) < 4.78 is 128. The largest absolute Gasteiger partial charge is 0.573 e. The predicted octanol–water partition coefficient (Wildman–Crippen LogP) is 5.71. The van der Waals surface area contributed by atoms with Crippen LogP contribution in [-0.2, 0) is 10.3 Å². The first-order chi connectivity index (χ1) is 19.1. The van der Waals surface area contributed by atoms with Crippen molar-refractivity contribution in [3.8, 4) is 11.5 Å². The summed E-state index contributed by atoms with van der Waals surface area (Å²) in [5.41, 5.74) is -4.16. The number of aromatic amines is 1. The zero-order valence-electron chi connectivity index (χ0n) is 20.4. The smallest absolute Gasteiger partial charge is 0.494 e. The summed E-state index contributed by atoms with van der Waals surface area (Å²) in [5.74, 6) is -2.24. The number of hydrogen-bond donors (Lipinski definition) is 2. The summed E-state index contributed by atoms with van der Waals surface area (Å²) in [5, 5.41) is 14.7. The Morgan fingerprint density at radius 3 is 2.05 bits per heavy atom. The molecule has 4 rings (SSSR count). The second kappa shape index (κ2) is 10.9. The van der Waals surface area contributed by atoms with Crippen LogP contribution in [0.3, 0.4) is 0 Å². The lowest BCUT2D eigenvalue weighted by atomic mass is 9.76. The summed E-state index contributed by atoms with van der Waals surface area (Å²) >= 11 is 0. The molecule has 41 heavy (non-hydrogen) atoms. The molecule has 0 spiro atoms. The van der Waals surface area contributed by atoms with Crippen molar-refractivity contribution in [2.75, 3.05) is 6.61 Å². The lowest BCUT2D eigenvalue weighted by Gasteiger charge is -2.41. The van der Waals surface area contributed by atoms with Crippen molar-refractivity contribution in [2.24, 2.45) is 0 Å². The van der Waals surface area contributed by atoms with E-state index in [1.165, 1.54) is 0 Å². The Hall–Kier alpha value is -4.31. The standard InChI is InChI=1S/C24H18F9N5O3/c25-22(26,27)10-1-11-40-15-8-4-14(5-9-15)21(23(28,29)30)12-17(18(20(39)34-21)19-35-37-38-36-19)13-2-6-16(7-3-13)41-24(31,32)33/h2-9H,1,10-12H2,(H,34,39)(H,35,36,37,38).